The van der Waals surface area contributed by atoms with Crippen molar-refractivity contribution < 1.29 is 35.6 Å². The van der Waals surface area contributed by atoms with Crippen molar-refractivity contribution in [2.45, 2.75) is 10.4 Å². The molecule has 0 unspecified atom stereocenters. The van der Waals surface area contributed by atoms with Crippen LogP contribution < -0.4 is 4.74 Å². The fraction of sp³-hybridized carbons (Fsp3) is 0.167. The lowest BCUT2D eigenvalue weighted by Crippen LogP contribution is -2.08. The summed E-state index contributed by atoms with van der Waals surface area (Å²) in [7, 11) is -3.77. The average Bonchev–Trinajstić information content (AvgIpc) is 2.83. The number of hydrogen-bond acceptors (Lipinski definition) is 6. The maximum Gasteiger partial charge on any atom is 0.419 e. The fourth-order valence-electron chi connectivity index (χ4n) is 1.62. The van der Waals surface area contributed by atoms with Crippen LogP contribution in [0.1, 0.15) is 5.56 Å². The van der Waals surface area contributed by atoms with E-state index in [1.54, 1.807) is 0 Å². The number of rotatable bonds is 4. The van der Waals surface area contributed by atoms with Crippen molar-refractivity contribution in [1.29, 1.82) is 0 Å². The largest absolute Gasteiger partial charge is 0.440 e. The molecule has 24 heavy (non-hydrogen) atoms. The first-order valence-corrected chi connectivity index (χ1v) is 8.63. The lowest BCUT2D eigenvalue weighted by atomic mass is 10.2. The number of ether oxygens (including phenoxy) is 1. The SMILES string of the molecule is CS(=O)(=O)c1cc([N+](=O)[O-])c(Oc2ccc(F)c(C(F)(F)F)c2)s1. The van der Waals surface area contributed by atoms with Crippen LogP contribution in [0.25, 0.3) is 0 Å². The first-order valence-electron chi connectivity index (χ1n) is 5.92. The molecule has 0 amide bonds. The van der Waals surface area contributed by atoms with Gasteiger partial charge in [-0.2, -0.15) is 13.2 Å². The van der Waals surface area contributed by atoms with Crippen molar-refractivity contribution in [2.24, 2.45) is 0 Å². The summed E-state index contributed by atoms with van der Waals surface area (Å²) >= 11 is 0.380. The van der Waals surface area contributed by atoms with Gasteiger partial charge >= 0.3 is 11.9 Å². The van der Waals surface area contributed by atoms with Crippen molar-refractivity contribution in [1.82, 2.24) is 0 Å². The number of halogens is 4. The van der Waals surface area contributed by atoms with E-state index in [0.29, 0.717) is 23.5 Å². The Bertz CT molecular complexity index is 905. The predicted molar refractivity (Wildman–Crippen MR) is 75.6 cm³/mol. The minimum absolute atomic E-state index is 0.332. The zero-order valence-corrected chi connectivity index (χ0v) is 13.3. The van der Waals surface area contributed by atoms with E-state index < -0.39 is 48.8 Å². The van der Waals surface area contributed by atoms with Gasteiger partial charge in [-0.1, -0.05) is 11.3 Å². The molecule has 0 atom stereocenters. The molecule has 1 heterocycles. The molecule has 0 N–H and O–H groups in total. The Balaban J connectivity index is 2.49. The highest BCUT2D eigenvalue weighted by molar-refractivity contribution is 7.92. The Morgan fingerprint density at radius 3 is 2.38 bits per heavy atom. The molecule has 0 aliphatic carbocycles. The first-order chi connectivity index (χ1) is 10.9. The number of nitro groups is 1. The molecule has 0 aliphatic heterocycles. The molecule has 0 fully saturated rings. The van der Waals surface area contributed by atoms with E-state index in [2.05, 4.69) is 0 Å². The zero-order chi connectivity index (χ0) is 18.3. The Morgan fingerprint density at radius 2 is 1.88 bits per heavy atom. The van der Waals surface area contributed by atoms with Crippen molar-refractivity contribution in [3.63, 3.8) is 0 Å². The molecular formula is C12H7F4NO5S2. The number of nitrogens with zero attached hydrogens (tertiary/aromatic N) is 1. The number of sulfone groups is 1. The van der Waals surface area contributed by atoms with E-state index in [-0.39, 0.29) is 4.21 Å². The third kappa shape index (κ3) is 3.82. The van der Waals surface area contributed by atoms with Crippen LogP contribution in [0.5, 0.6) is 10.8 Å². The van der Waals surface area contributed by atoms with Gasteiger partial charge in [-0.25, -0.2) is 12.8 Å². The lowest BCUT2D eigenvalue weighted by molar-refractivity contribution is -0.385. The summed E-state index contributed by atoms with van der Waals surface area (Å²) in [6.45, 7) is 0. The van der Waals surface area contributed by atoms with Gasteiger partial charge in [-0.3, -0.25) is 10.1 Å². The van der Waals surface area contributed by atoms with Crippen LogP contribution in [-0.4, -0.2) is 19.6 Å². The van der Waals surface area contributed by atoms with Crippen molar-refractivity contribution in [3.8, 4) is 10.8 Å². The maximum absolute atomic E-state index is 13.2. The van der Waals surface area contributed by atoms with Crippen LogP contribution in [0.2, 0.25) is 0 Å². The molecule has 1 aromatic heterocycles. The number of benzene rings is 1. The predicted octanol–water partition coefficient (Wildman–Crippen LogP) is 4.01. The minimum Gasteiger partial charge on any atom is -0.440 e. The zero-order valence-electron chi connectivity index (χ0n) is 11.6. The van der Waals surface area contributed by atoms with Gasteiger partial charge in [0.25, 0.3) is 5.06 Å². The van der Waals surface area contributed by atoms with Crippen LogP contribution in [0, 0.1) is 15.9 Å². The summed E-state index contributed by atoms with van der Waals surface area (Å²) in [6, 6.07) is 2.41. The van der Waals surface area contributed by atoms with Gasteiger partial charge in [-0.15, -0.1) is 0 Å². The molecule has 0 saturated heterocycles. The molecule has 0 radical (unpaired) electrons. The van der Waals surface area contributed by atoms with Crippen molar-refractivity contribution in [2.75, 3.05) is 6.26 Å². The van der Waals surface area contributed by atoms with Crippen LogP contribution in [0.15, 0.2) is 28.5 Å². The van der Waals surface area contributed by atoms with E-state index >= 15 is 0 Å². The van der Waals surface area contributed by atoms with Gasteiger partial charge in [0.15, 0.2) is 9.84 Å². The van der Waals surface area contributed by atoms with Crippen LogP contribution in [-0.2, 0) is 16.0 Å². The first kappa shape index (κ1) is 18.1. The average molecular weight is 385 g/mol. The summed E-state index contributed by atoms with van der Waals surface area (Å²) in [5.74, 6) is -2.05. The second-order valence-electron chi connectivity index (χ2n) is 4.51. The molecule has 2 rings (SSSR count). The van der Waals surface area contributed by atoms with Crippen LogP contribution in [0.3, 0.4) is 0 Å². The highest BCUT2D eigenvalue weighted by Gasteiger charge is 2.35. The summed E-state index contributed by atoms with van der Waals surface area (Å²) in [6.07, 6.45) is -4.17. The molecule has 0 spiro atoms. The van der Waals surface area contributed by atoms with E-state index in [0.717, 1.165) is 18.4 Å². The Morgan fingerprint density at radius 1 is 1.25 bits per heavy atom. The molecule has 0 bridgehead atoms. The highest BCUT2D eigenvalue weighted by atomic mass is 32.2. The summed E-state index contributed by atoms with van der Waals surface area (Å²) in [5, 5.41) is 10.4. The van der Waals surface area contributed by atoms with Gasteiger partial charge in [0.05, 0.1) is 10.5 Å². The second-order valence-corrected chi connectivity index (χ2v) is 7.77. The quantitative estimate of drug-likeness (QED) is 0.451. The van der Waals surface area contributed by atoms with E-state index in [4.69, 9.17) is 4.74 Å². The Labute approximate surface area is 136 Å². The van der Waals surface area contributed by atoms with Gasteiger partial charge in [0, 0.05) is 12.3 Å². The molecule has 12 heteroatoms. The van der Waals surface area contributed by atoms with Gasteiger partial charge in [0.2, 0.25) is 0 Å². The smallest absolute Gasteiger partial charge is 0.419 e. The molecule has 6 nitrogen and oxygen atoms in total. The standard InChI is InChI=1S/C12H7F4NO5S2/c1-24(20,21)10-5-9(17(18)19)11(23-10)22-6-2-3-8(13)7(4-6)12(14,15)16/h2-5H,1H3. The molecule has 130 valence electrons. The van der Waals surface area contributed by atoms with Gasteiger partial charge < -0.3 is 4.74 Å². The Hall–Kier alpha value is -2.21. The lowest BCUT2D eigenvalue weighted by Gasteiger charge is -2.10. The monoisotopic (exact) mass is 385 g/mol. The van der Waals surface area contributed by atoms with Crippen molar-refractivity contribution in [3.05, 3.63) is 45.8 Å². The highest BCUT2D eigenvalue weighted by Crippen LogP contribution is 2.42. The van der Waals surface area contributed by atoms with Crippen molar-refractivity contribution >= 4 is 26.9 Å². The molecule has 2 aromatic rings. The summed E-state index contributed by atoms with van der Waals surface area (Å²) in [4.78, 5) is 9.99. The second kappa shape index (κ2) is 6.02. The Kier molecular flexibility index (Phi) is 4.55. The fourth-order valence-corrected chi connectivity index (χ4v) is 3.51. The van der Waals surface area contributed by atoms with Gasteiger partial charge in [-0.05, 0) is 18.2 Å². The number of thiophene rings is 1. The third-order valence-electron chi connectivity index (χ3n) is 2.67. The number of alkyl halides is 3. The molecule has 1 aromatic carbocycles. The maximum atomic E-state index is 13.2. The topological polar surface area (TPSA) is 86.5 Å². The summed E-state index contributed by atoms with van der Waals surface area (Å²) < 4.78 is 78.6. The molecule has 0 aliphatic rings. The van der Waals surface area contributed by atoms with Crippen LogP contribution >= 0.6 is 11.3 Å². The molecule has 0 saturated carbocycles. The normalized spacial score (nSPS) is 12.2. The minimum atomic E-state index is -4.98. The molecular weight excluding hydrogens is 378 g/mol. The van der Waals surface area contributed by atoms with Crippen LogP contribution in [0.4, 0.5) is 23.2 Å². The number of hydrogen-bond donors (Lipinski definition) is 0. The van der Waals surface area contributed by atoms with E-state index in [9.17, 15) is 36.1 Å². The van der Waals surface area contributed by atoms with Gasteiger partial charge in [0.1, 0.15) is 15.8 Å². The third-order valence-corrected chi connectivity index (χ3v) is 5.48. The van der Waals surface area contributed by atoms with E-state index in [1.807, 2.05) is 0 Å². The van der Waals surface area contributed by atoms with E-state index in [1.165, 1.54) is 0 Å². The summed E-state index contributed by atoms with van der Waals surface area (Å²) in [5.41, 5.74) is -2.33.